The number of hydrogen-bond donors (Lipinski definition) is 4. The Balaban J connectivity index is -0.000000232. The first-order chi connectivity index (χ1) is 21.2. The average molecular weight is 636 g/mol. The van der Waals surface area contributed by atoms with Crippen LogP contribution in [0.2, 0.25) is 0 Å². The largest absolute Gasteiger partial charge is 0.444 e. The maximum absolute atomic E-state index is 10.8. The van der Waals surface area contributed by atoms with Gasteiger partial charge in [-0.15, -0.1) is 6.58 Å². The summed E-state index contributed by atoms with van der Waals surface area (Å²) in [5.74, 6) is -0.0404. The standard InChI is InChI=1S/C8H15NO2.C7H15NO2.C7H8O.C6H10N2.C4H11N.C3H6/c1-4-7(6(3)10)9-8(11)5-2;1-5-8-6(9)10-7(2,3)4;8-6-7-4-2-1-3-5-7;1-3-6-4-8(2)5-7-6;1-2-3-4-5;1-3-2/h7H,4-5H2,1-3H3,(H,9,11);5H2,1-4H3,(H,8,9);1-5,8H,6H2;4-5H,3H2,1-2H3;2-5H2,1H3;3H,1H2,2H3/t7-;;;;;/m1...../s1. The number of aliphatic hydroxyl groups excluding tert-OH is 1. The first-order valence-corrected chi connectivity index (χ1v) is 15.8. The van der Waals surface area contributed by atoms with Gasteiger partial charge in [0.05, 0.1) is 24.7 Å². The van der Waals surface area contributed by atoms with Crippen LogP contribution in [-0.4, -0.2) is 57.2 Å². The number of nitrogens with zero attached hydrogens (tertiary/aromatic N) is 2. The van der Waals surface area contributed by atoms with Crippen LogP contribution in [0.1, 0.15) is 106 Å². The van der Waals surface area contributed by atoms with Gasteiger partial charge in [-0.05, 0) is 72.9 Å². The number of allylic oxidation sites excluding steroid dienone is 1. The van der Waals surface area contributed by atoms with Gasteiger partial charge < -0.3 is 30.8 Å². The third-order valence-corrected chi connectivity index (χ3v) is 4.98. The molecule has 0 spiro atoms. The molecule has 2 rings (SSSR count). The van der Waals surface area contributed by atoms with Crippen LogP contribution < -0.4 is 16.4 Å². The van der Waals surface area contributed by atoms with Gasteiger partial charge in [-0.2, -0.15) is 0 Å². The lowest BCUT2D eigenvalue weighted by atomic mass is 10.1. The molecule has 45 heavy (non-hydrogen) atoms. The van der Waals surface area contributed by atoms with E-state index in [0.29, 0.717) is 19.4 Å². The number of ether oxygens (including phenoxy) is 1. The molecule has 5 N–H and O–H groups in total. The summed E-state index contributed by atoms with van der Waals surface area (Å²) in [7, 11) is 1.98. The highest BCUT2D eigenvalue weighted by Crippen LogP contribution is 2.05. The molecule has 260 valence electrons. The maximum Gasteiger partial charge on any atom is 0.407 e. The van der Waals surface area contributed by atoms with Crippen LogP contribution in [0.5, 0.6) is 0 Å². The summed E-state index contributed by atoms with van der Waals surface area (Å²) in [6.07, 6.45) is 9.76. The first kappa shape index (κ1) is 48.4. The summed E-state index contributed by atoms with van der Waals surface area (Å²) < 4.78 is 6.89. The lowest BCUT2D eigenvalue weighted by molar-refractivity contribution is -0.126. The molecule has 0 aliphatic heterocycles. The number of aromatic nitrogens is 2. The van der Waals surface area contributed by atoms with Gasteiger partial charge >= 0.3 is 6.09 Å². The molecule has 0 bridgehead atoms. The number of alkyl carbamates (subject to hydrolysis) is 1. The van der Waals surface area contributed by atoms with Crippen molar-refractivity contribution in [2.24, 2.45) is 12.8 Å². The lowest BCUT2D eigenvalue weighted by Gasteiger charge is -2.19. The van der Waals surface area contributed by atoms with Gasteiger partial charge in [0.25, 0.3) is 0 Å². The van der Waals surface area contributed by atoms with Gasteiger partial charge in [-0.3, -0.25) is 9.59 Å². The van der Waals surface area contributed by atoms with E-state index in [4.69, 9.17) is 15.6 Å². The molecule has 0 saturated heterocycles. The highest BCUT2D eigenvalue weighted by molar-refractivity contribution is 5.87. The number of benzene rings is 1. The van der Waals surface area contributed by atoms with Crippen molar-refractivity contribution in [2.75, 3.05) is 13.1 Å². The first-order valence-electron chi connectivity index (χ1n) is 15.8. The van der Waals surface area contributed by atoms with Crippen LogP contribution >= 0.6 is 0 Å². The fraction of sp³-hybridized carbons (Fsp3) is 0.600. The molecule has 2 aromatic rings. The molecule has 0 aliphatic rings. The minimum absolute atomic E-state index is 0.0225. The zero-order valence-electron chi connectivity index (χ0n) is 30.1. The summed E-state index contributed by atoms with van der Waals surface area (Å²) in [5, 5.41) is 13.7. The molecule has 1 aromatic carbocycles. The summed E-state index contributed by atoms with van der Waals surface area (Å²) in [6.45, 7) is 23.6. The molecule has 0 unspecified atom stereocenters. The number of unbranched alkanes of at least 4 members (excludes halogenated alkanes) is 1. The number of hydrogen-bond acceptors (Lipinski definition) is 7. The predicted molar refractivity (Wildman–Crippen MR) is 188 cm³/mol. The lowest BCUT2D eigenvalue weighted by Crippen LogP contribution is -2.38. The van der Waals surface area contributed by atoms with E-state index in [0.717, 1.165) is 24.2 Å². The second kappa shape index (κ2) is 33.4. The molecule has 1 aromatic heterocycles. The Morgan fingerprint density at radius 1 is 1.11 bits per heavy atom. The van der Waals surface area contributed by atoms with Gasteiger partial charge in [0.1, 0.15) is 5.60 Å². The van der Waals surface area contributed by atoms with Crippen molar-refractivity contribution < 1.29 is 24.2 Å². The highest BCUT2D eigenvalue weighted by Gasteiger charge is 2.14. The molecule has 0 radical (unpaired) electrons. The Hall–Kier alpha value is -3.50. The monoisotopic (exact) mass is 635 g/mol. The average Bonchev–Trinajstić information content (AvgIpc) is 3.42. The predicted octanol–water partition coefficient (Wildman–Crippen LogP) is 6.51. The zero-order valence-corrected chi connectivity index (χ0v) is 30.1. The van der Waals surface area contributed by atoms with E-state index in [1.54, 1.807) is 13.0 Å². The maximum atomic E-state index is 10.8. The number of carbonyl (C=O) groups is 3. The number of nitrogens with two attached hydrogens (primary N) is 1. The number of ketones is 1. The van der Waals surface area contributed by atoms with Crippen LogP contribution in [-0.2, 0) is 34.4 Å². The Kier molecular flexibility index (Phi) is 35.9. The summed E-state index contributed by atoms with van der Waals surface area (Å²) in [5.41, 5.74) is 6.87. The van der Waals surface area contributed by atoms with Crippen molar-refractivity contribution in [3.8, 4) is 0 Å². The number of nitrogens with one attached hydrogen (secondary N) is 2. The molecule has 10 heteroatoms. The minimum Gasteiger partial charge on any atom is -0.444 e. The Labute approximate surface area is 274 Å². The smallest absolute Gasteiger partial charge is 0.407 e. The number of aliphatic hydroxyl groups is 1. The second-order valence-electron chi connectivity index (χ2n) is 10.6. The van der Waals surface area contributed by atoms with Gasteiger partial charge in [0.2, 0.25) is 5.91 Å². The van der Waals surface area contributed by atoms with E-state index in [9.17, 15) is 14.4 Å². The number of imidazole rings is 1. The topological polar surface area (TPSA) is 149 Å². The number of carbonyl (C=O) groups excluding carboxylic acids is 3. The normalized spacial score (nSPS) is 9.98. The van der Waals surface area contributed by atoms with E-state index in [-0.39, 0.29) is 36.0 Å². The molecule has 10 nitrogen and oxygen atoms in total. The third kappa shape index (κ3) is 38.5. The van der Waals surface area contributed by atoms with Crippen molar-refractivity contribution in [3.05, 3.63) is 66.8 Å². The second-order valence-corrected chi connectivity index (χ2v) is 10.6. The van der Waals surface area contributed by atoms with E-state index < -0.39 is 0 Å². The van der Waals surface area contributed by atoms with Gasteiger partial charge in [0.15, 0.2) is 5.78 Å². The quantitative estimate of drug-likeness (QED) is 0.230. The Morgan fingerprint density at radius 3 is 1.91 bits per heavy atom. The van der Waals surface area contributed by atoms with E-state index in [2.05, 4.69) is 36.0 Å². The highest BCUT2D eigenvalue weighted by atomic mass is 16.6. The summed E-state index contributed by atoms with van der Waals surface area (Å²) >= 11 is 0. The molecular weight excluding hydrogens is 570 g/mol. The van der Waals surface area contributed by atoms with E-state index >= 15 is 0 Å². The molecule has 1 heterocycles. The minimum atomic E-state index is -0.390. The van der Waals surface area contributed by atoms with Gasteiger partial charge in [-0.1, -0.05) is 70.5 Å². The van der Waals surface area contributed by atoms with Crippen molar-refractivity contribution in [1.82, 2.24) is 20.2 Å². The Bertz CT molecular complexity index is 970. The zero-order chi connectivity index (χ0) is 35.7. The van der Waals surface area contributed by atoms with Crippen LogP contribution in [0.15, 0.2) is 55.5 Å². The fourth-order valence-electron chi connectivity index (χ4n) is 2.68. The van der Waals surface area contributed by atoms with E-state index in [1.807, 2.05) is 96.0 Å². The number of aryl methyl sites for hydroxylation is 2. The van der Waals surface area contributed by atoms with Crippen molar-refractivity contribution >= 4 is 17.8 Å². The van der Waals surface area contributed by atoms with Crippen LogP contribution in [0.25, 0.3) is 0 Å². The fourth-order valence-corrected chi connectivity index (χ4v) is 2.68. The van der Waals surface area contributed by atoms with Crippen molar-refractivity contribution in [3.63, 3.8) is 0 Å². The molecule has 1 atom stereocenters. The number of rotatable bonds is 9. The van der Waals surface area contributed by atoms with Crippen molar-refractivity contribution in [2.45, 2.75) is 120 Å². The molecule has 0 saturated carbocycles. The van der Waals surface area contributed by atoms with Crippen LogP contribution in [0.4, 0.5) is 4.79 Å². The molecule has 0 fully saturated rings. The van der Waals surface area contributed by atoms with Crippen LogP contribution in [0.3, 0.4) is 0 Å². The molecule has 0 aliphatic carbocycles. The van der Waals surface area contributed by atoms with Crippen LogP contribution in [0, 0.1) is 0 Å². The number of amides is 2. The Morgan fingerprint density at radius 2 is 1.67 bits per heavy atom. The van der Waals surface area contributed by atoms with Crippen molar-refractivity contribution in [1.29, 1.82) is 0 Å². The van der Waals surface area contributed by atoms with Gasteiger partial charge in [0, 0.05) is 26.2 Å². The SMILES string of the molecule is C=CC.CCC(=O)N[C@H](CC)C(C)=O.CCCCN.CCNC(=O)OC(C)(C)C.CCc1cn(C)cn1.OCc1ccccc1. The third-order valence-electron chi connectivity index (χ3n) is 4.98. The van der Waals surface area contributed by atoms with E-state index in [1.165, 1.54) is 19.8 Å². The molecular formula is C35H65N5O5. The molecule has 2 amide bonds. The summed E-state index contributed by atoms with van der Waals surface area (Å²) in [6, 6.07) is 9.23. The summed E-state index contributed by atoms with van der Waals surface area (Å²) in [4.78, 5) is 36.5. The number of Topliss-reactive ketones (excluding diaryl/α,β-unsaturated/α-hetero) is 1. The van der Waals surface area contributed by atoms with Gasteiger partial charge in [-0.25, -0.2) is 9.78 Å².